The van der Waals surface area contributed by atoms with Crippen LogP contribution in [0.3, 0.4) is 0 Å². The number of carbonyl (C=O) groups excluding carboxylic acids is 2. The van der Waals surface area contributed by atoms with E-state index in [1.807, 2.05) is 27.7 Å². The summed E-state index contributed by atoms with van der Waals surface area (Å²) in [6.45, 7) is 9.73. The fourth-order valence-electron chi connectivity index (χ4n) is 1.04. The minimum absolute atomic E-state index is 0.175. The Balaban J connectivity index is 4.48. The van der Waals surface area contributed by atoms with Crippen LogP contribution >= 0.6 is 0 Å². The average molecular weight is 226 g/mol. The van der Waals surface area contributed by atoms with Crippen LogP contribution in [0.5, 0.6) is 0 Å². The lowest BCUT2D eigenvalue weighted by molar-refractivity contribution is -0.141. The molecule has 0 spiro atoms. The van der Waals surface area contributed by atoms with Gasteiger partial charge in [-0.3, -0.25) is 4.79 Å². The van der Waals surface area contributed by atoms with Gasteiger partial charge in [-0.05, 0) is 25.2 Å². The van der Waals surface area contributed by atoms with E-state index in [4.69, 9.17) is 4.74 Å². The van der Waals surface area contributed by atoms with E-state index < -0.39 is 5.97 Å². The van der Waals surface area contributed by atoms with Gasteiger partial charge in [-0.25, -0.2) is 4.79 Å². The molecular formula is C13H22O3. The molecule has 0 N–H and O–H groups in total. The molecule has 92 valence electrons. The van der Waals surface area contributed by atoms with Crippen LogP contribution in [0, 0.1) is 11.8 Å². The summed E-state index contributed by atoms with van der Waals surface area (Å²) in [6, 6.07) is 0. The van der Waals surface area contributed by atoms with E-state index in [9.17, 15) is 9.59 Å². The summed E-state index contributed by atoms with van der Waals surface area (Å²) in [5, 5.41) is 0. The highest BCUT2D eigenvalue weighted by atomic mass is 16.5. The summed E-state index contributed by atoms with van der Waals surface area (Å²) in [7, 11) is 0. The number of esters is 1. The maximum atomic E-state index is 11.6. The minimum Gasteiger partial charge on any atom is -0.462 e. The number of ketones is 1. The molecule has 0 aliphatic rings. The first-order chi connectivity index (χ1) is 7.34. The van der Waals surface area contributed by atoms with E-state index in [0.717, 1.165) is 0 Å². The minimum atomic E-state index is -0.498. The lowest BCUT2D eigenvalue weighted by atomic mass is 10.1. The number of Topliss-reactive ketones (excluding diaryl/α,β-unsaturated/α-hetero) is 1. The van der Waals surface area contributed by atoms with Gasteiger partial charge in [-0.15, -0.1) is 0 Å². The fraction of sp³-hybridized carbons (Fsp3) is 0.692. The highest BCUT2D eigenvalue weighted by Gasteiger charge is 2.16. The maximum Gasteiger partial charge on any atom is 0.341 e. The van der Waals surface area contributed by atoms with Gasteiger partial charge in [-0.1, -0.05) is 33.8 Å². The Bertz CT molecular complexity index is 275. The van der Waals surface area contributed by atoms with Gasteiger partial charge in [-0.2, -0.15) is 0 Å². The Morgan fingerprint density at radius 3 is 2.06 bits per heavy atom. The zero-order valence-electron chi connectivity index (χ0n) is 10.9. The first-order valence-corrected chi connectivity index (χ1v) is 5.72. The third-order valence-corrected chi connectivity index (χ3v) is 1.94. The van der Waals surface area contributed by atoms with Crippen molar-refractivity contribution in [3.8, 4) is 0 Å². The van der Waals surface area contributed by atoms with Gasteiger partial charge in [0.2, 0.25) is 0 Å². The van der Waals surface area contributed by atoms with Crippen LogP contribution in [0.1, 0.15) is 41.0 Å². The van der Waals surface area contributed by atoms with Gasteiger partial charge in [0.1, 0.15) is 0 Å². The molecule has 0 radical (unpaired) electrons. The predicted molar refractivity (Wildman–Crippen MR) is 64.0 cm³/mol. The molecule has 0 atom stereocenters. The lowest BCUT2D eigenvalue weighted by Gasteiger charge is -2.08. The van der Waals surface area contributed by atoms with Crippen LogP contribution in [-0.2, 0) is 14.3 Å². The van der Waals surface area contributed by atoms with E-state index in [1.54, 1.807) is 6.08 Å². The monoisotopic (exact) mass is 226 g/mol. The highest BCUT2D eigenvalue weighted by Crippen LogP contribution is 2.08. The molecule has 0 saturated heterocycles. The fourth-order valence-corrected chi connectivity index (χ4v) is 1.04. The number of ether oxygens (including phenoxy) is 1. The highest BCUT2D eigenvalue weighted by molar-refractivity contribution is 6.16. The second-order valence-corrected chi connectivity index (χ2v) is 4.80. The van der Waals surface area contributed by atoms with Crippen molar-refractivity contribution in [2.24, 2.45) is 11.8 Å². The summed E-state index contributed by atoms with van der Waals surface area (Å²) in [5.41, 5.74) is 0.175. The van der Waals surface area contributed by atoms with Gasteiger partial charge in [0.05, 0.1) is 12.2 Å². The van der Waals surface area contributed by atoms with Crippen LogP contribution < -0.4 is 0 Å². The number of hydrogen-bond donors (Lipinski definition) is 0. The molecule has 0 aromatic carbocycles. The maximum absolute atomic E-state index is 11.6. The SMILES string of the molecule is CC(=O)C(=CCC(C)C)C(=O)OCC(C)C. The number of carbonyl (C=O) groups is 2. The zero-order valence-corrected chi connectivity index (χ0v) is 10.9. The molecule has 3 heteroatoms. The standard InChI is InChI=1S/C13H22O3/c1-9(2)6-7-12(11(5)14)13(15)16-8-10(3)4/h7,9-10H,6,8H2,1-5H3. The zero-order chi connectivity index (χ0) is 12.7. The van der Waals surface area contributed by atoms with Gasteiger partial charge < -0.3 is 4.74 Å². The second-order valence-electron chi connectivity index (χ2n) is 4.80. The van der Waals surface area contributed by atoms with Crippen molar-refractivity contribution in [1.82, 2.24) is 0 Å². The molecule has 16 heavy (non-hydrogen) atoms. The molecule has 0 unspecified atom stereocenters. The predicted octanol–water partition coefficient (Wildman–Crippen LogP) is 2.75. The van der Waals surface area contributed by atoms with Crippen LogP contribution in [0.4, 0.5) is 0 Å². The molecule has 0 aromatic heterocycles. The van der Waals surface area contributed by atoms with Gasteiger partial charge >= 0.3 is 5.97 Å². The average Bonchev–Trinajstić information content (AvgIpc) is 2.13. The van der Waals surface area contributed by atoms with E-state index >= 15 is 0 Å². The van der Waals surface area contributed by atoms with Crippen molar-refractivity contribution in [3.05, 3.63) is 11.6 Å². The summed E-state index contributed by atoms with van der Waals surface area (Å²) in [4.78, 5) is 22.9. The van der Waals surface area contributed by atoms with Crippen LogP contribution in [-0.4, -0.2) is 18.4 Å². The van der Waals surface area contributed by atoms with Gasteiger partial charge in [0.15, 0.2) is 5.78 Å². The van der Waals surface area contributed by atoms with Crippen LogP contribution in [0.25, 0.3) is 0 Å². The lowest BCUT2D eigenvalue weighted by Crippen LogP contribution is -2.16. The van der Waals surface area contributed by atoms with Crippen molar-refractivity contribution >= 4 is 11.8 Å². The molecular weight excluding hydrogens is 204 g/mol. The number of hydrogen-bond acceptors (Lipinski definition) is 3. The summed E-state index contributed by atoms with van der Waals surface area (Å²) in [5.74, 6) is -0.0224. The summed E-state index contributed by atoms with van der Waals surface area (Å²) >= 11 is 0. The third kappa shape index (κ3) is 6.38. The molecule has 0 heterocycles. The van der Waals surface area contributed by atoms with Crippen molar-refractivity contribution in [3.63, 3.8) is 0 Å². The van der Waals surface area contributed by atoms with Crippen LogP contribution in [0.2, 0.25) is 0 Å². The molecule has 0 amide bonds. The Kier molecular flexibility index (Phi) is 6.70. The van der Waals surface area contributed by atoms with Gasteiger partial charge in [0.25, 0.3) is 0 Å². The molecule has 0 aromatic rings. The molecule has 0 saturated carbocycles. The van der Waals surface area contributed by atoms with Gasteiger partial charge in [0, 0.05) is 0 Å². The number of rotatable bonds is 6. The third-order valence-electron chi connectivity index (χ3n) is 1.94. The number of allylic oxidation sites excluding steroid dienone is 1. The molecule has 0 aliphatic carbocycles. The normalized spacial score (nSPS) is 12.1. The topological polar surface area (TPSA) is 43.4 Å². The first-order valence-electron chi connectivity index (χ1n) is 5.72. The molecule has 3 nitrogen and oxygen atoms in total. The summed E-state index contributed by atoms with van der Waals surface area (Å²) in [6.07, 6.45) is 2.39. The van der Waals surface area contributed by atoms with E-state index in [1.165, 1.54) is 6.92 Å². The Labute approximate surface area is 97.9 Å². The summed E-state index contributed by atoms with van der Waals surface area (Å²) < 4.78 is 5.03. The quantitative estimate of drug-likeness (QED) is 0.303. The van der Waals surface area contributed by atoms with Crippen LogP contribution in [0.15, 0.2) is 11.6 Å². The van der Waals surface area contributed by atoms with Crippen molar-refractivity contribution in [2.45, 2.75) is 41.0 Å². The second kappa shape index (κ2) is 7.20. The molecule has 0 rings (SSSR count). The van der Waals surface area contributed by atoms with Crippen molar-refractivity contribution < 1.29 is 14.3 Å². The van der Waals surface area contributed by atoms with E-state index in [2.05, 4.69) is 0 Å². The van der Waals surface area contributed by atoms with Crippen molar-refractivity contribution in [1.29, 1.82) is 0 Å². The Hall–Kier alpha value is -1.12. The first kappa shape index (κ1) is 14.9. The van der Waals surface area contributed by atoms with Crippen molar-refractivity contribution in [2.75, 3.05) is 6.61 Å². The largest absolute Gasteiger partial charge is 0.462 e. The molecule has 0 fully saturated rings. The Morgan fingerprint density at radius 1 is 1.12 bits per heavy atom. The Morgan fingerprint density at radius 2 is 1.69 bits per heavy atom. The smallest absolute Gasteiger partial charge is 0.341 e. The molecule has 0 aliphatic heterocycles. The van der Waals surface area contributed by atoms with E-state index in [-0.39, 0.29) is 17.3 Å². The van der Waals surface area contributed by atoms with E-state index in [0.29, 0.717) is 18.9 Å². The molecule has 0 bridgehead atoms.